The van der Waals surface area contributed by atoms with Gasteiger partial charge in [0.15, 0.2) is 0 Å². The monoisotopic (exact) mass is 1010 g/mol. The van der Waals surface area contributed by atoms with E-state index in [1.807, 2.05) is 137 Å². The van der Waals surface area contributed by atoms with Gasteiger partial charge in [-0.25, -0.2) is 0 Å². The third-order valence-corrected chi connectivity index (χ3v) is 14.3. The Morgan fingerprint density at radius 3 is 0.821 bits per heavy atom. The van der Waals surface area contributed by atoms with Crippen molar-refractivity contribution in [2.24, 2.45) is 0 Å². The van der Waals surface area contributed by atoms with E-state index in [1.165, 1.54) is 6.07 Å². The second-order valence-electron chi connectivity index (χ2n) is 18.8. The first-order chi connectivity index (χ1) is 38.0. The molecule has 0 saturated heterocycles. The average Bonchev–Trinajstić information content (AvgIpc) is 4.20. The van der Waals surface area contributed by atoms with Crippen LogP contribution < -0.4 is 0 Å². The minimum absolute atomic E-state index is 0.0861. The first-order valence-corrected chi connectivity index (χ1v) is 24.4. The summed E-state index contributed by atoms with van der Waals surface area (Å²) in [4.78, 5) is 0. The second kappa shape index (κ2) is 18.8. The van der Waals surface area contributed by atoms with Crippen molar-refractivity contribution in [2.45, 2.75) is 6.18 Å². The molecule has 2 heterocycles. The van der Waals surface area contributed by atoms with E-state index in [1.54, 1.807) is 60.7 Å². The Balaban J connectivity index is 1.24. The minimum atomic E-state index is -4.81. The van der Waals surface area contributed by atoms with Crippen LogP contribution in [0.15, 0.2) is 200 Å². The number of hydrogen-bond donors (Lipinski definition) is 0. The largest absolute Gasteiger partial charge is 0.416 e. The van der Waals surface area contributed by atoms with Crippen molar-refractivity contribution in [3.63, 3.8) is 0 Å². The average molecular weight is 1010 g/mol. The van der Waals surface area contributed by atoms with Crippen LogP contribution in [-0.2, 0) is 6.18 Å². The molecular weight excluding hydrogens is 974 g/mol. The molecule has 0 aliphatic heterocycles. The van der Waals surface area contributed by atoms with Crippen LogP contribution in [0.4, 0.5) is 13.2 Å². The summed E-state index contributed by atoms with van der Waals surface area (Å²) in [6.45, 7) is 0. The molecule has 12 rings (SSSR count). The maximum absolute atomic E-state index is 14.9. The zero-order valence-electron chi connectivity index (χ0n) is 40.8. The molecule has 2 aromatic heterocycles. The lowest BCUT2D eigenvalue weighted by atomic mass is 9.96. The third-order valence-electron chi connectivity index (χ3n) is 14.3. The lowest BCUT2D eigenvalue weighted by Crippen LogP contribution is -2.07. The summed E-state index contributed by atoms with van der Waals surface area (Å²) in [6, 6.07) is 72.5. The van der Waals surface area contributed by atoms with Gasteiger partial charge >= 0.3 is 6.18 Å². The quantitative estimate of drug-likeness (QED) is 0.155. The van der Waals surface area contributed by atoms with Crippen LogP contribution >= 0.6 is 0 Å². The van der Waals surface area contributed by atoms with Gasteiger partial charge in [0.2, 0.25) is 0 Å². The van der Waals surface area contributed by atoms with Gasteiger partial charge in [0.1, 0.15) is 11.6 Å². The molecule has 0 aliphatic carbocycles. The lowest BCUT2D eigenvalue weighted by Gasteiger charge is -2.19. The van der Waals surface area contributed by atoms with Gasteiger partial charge in [-0.1, -0.05) is 97.1 Å². The zero-order chi connectivity index (χ0) is 53.8. The number of nitrogens with zero attached hydrogens (tertiary/aromatic N) is 8. The van der Waals surface area contributed by atoms with Crippen molar-refractivity contribution in [3.8, 4) is 103 Å². The Bertz CT molecular complexity index is 4260. The molecule has 12 aromatic rings. The van der Waals surface area contributed by atoms with E-state index >= 15 is 0 Å². The van der Waals surface area contributed by atoms with Crippen LogP contribution in [0.3, 0.4) is 0 Å². The van der Waals surface area contributed by atoms with Gasteiger partial charge in [-0.2, -0.15) is 44.7 Å². The van der Waals surface area contributed by atoms with Gasteiger partial charge < -0.3 is 9.13 Å². The number of nitriles is 6. The van der Waals surface area contributed by atoms with Crippen molar-refractivity contribution < 1.29 is 13.2 Å². The molecule has 8 nitrogen and oxygen atoms in total. The van der Waals surface area contributed by atoms with Gasteiger partial charge in [-0.3, -0.25) is 0 Å². The zero-order valence-corrected chi connectivity index (χ0v) is 40.8. The molecule has 362 valence electrons. The molecule has 0 aliphatic rings. The number of halogens is 3. The summed E-state index contributed by atoms with van der Waals surface area (Å²) in [5.74, 6) is 0. The molecule has 0 fully saturated rings. The smallest absolute Gasteiger partial charge is 0.308 e. The fraction of sp³-hybridized carbons (Fsp3) is 0.0149. The number of fused-ring (bicyclic) bond motifs is 6. The number of aromatic nitrogens is 2. The molecule has 10 aromatic carbocycles. The summed E-state index contributed by atoms with van der Waals surface area (Å²) in [7, 11) is 0. The van der Waals surface area contributed by atoms with Crippen molar-refractivity contribution in [2.75, 3.05) is 0 Å². The van der Waals surface area contributed by atoms with E-state index in [-0.39, 0.29) is 22.3 Å². The number of hydrogen-bond acceptors (Lipinski definition) is 6. The summed E-state index contributed by atoms with van der Waals surface area (Å²) in [5, 5.41) is 64.0. The lowest BCUT2D eigenvalue weighted by molar-refractivity contribution is -0.137. The second-order valence-corrected chi connectivity index (χ2v) is 18.8. The highest BCUT2D eigenvalue weighted by Crippen LogP contribution is 2.44. The van der Waals surface area contributed by atoms with E-state index < -0.39 is 11.7 Å². The molecule has 0 bridgehead atoms. The van der Waals surface area contributed by atoms with Crippen LogP contribution in [0.5, 0.6) is 0 Å². The Morgan fingerprint density at radius 2 is 0.551 bits per heavy atom. The predicted molar refractivity (Wildman–Crippen MR) is 296 cm³/mol. The molecule has 78 heavy (non-hydrogen) atoms. The predicted octanol–water partition coefficient (Wildman–Crippen LogP) is 16.5. The van der Waals surface area contributed by atoms with Crippen molar-refractivity contribution in [3.05, 3.63) is 239 Å². The van der Waals surface area contributed by atoms with Crippen LogP contribution in [0, 0.1) is 68.0 Å². The number of benzene rings is 10. The molecule has 0 radical (unpaired) electrons. The topological polar surface area (TPSA) is 153 Å². The van der Waals surface area contributed by atoms with Crippen LogP contribution in [-0.4, -0.2) is 9.13 Å². The first kappa shape index (κ1) is 47.5. The molecule has 0 spiro atoms. The van der Waals surface area contributed by atoms with Gasteiger partial charge in [-0.05, 0) is 159 Å². The normalized spacial score (nSPS) is 11.2. The van der Waals surface area contributed by atoms with Gasteiger partial charge in [0.05, 0.1) is 97.2 Å². The maximum atomic E-state index is 14.9. The Morgan fingerprint density at radius 1 is 0.269 bits per heavy atom. The summed E-state index contributed by atoms with van der Waals surface area (Å²) in [6.07, 6.45) is -4.81. The van der Waals surface area contributed by atoms with Gasteiger partial charge in [0, 0.05) is 21.5 Å². The van der Waals surface area contributed by atoms with E-state index in [2.05, 4.69) is 30.3 Å². The number of alkyl halides is 3. The summed E-state index contributed by atoms with van der Waals surface area (Å²) in [5.41, 5.74) is 11.0. The van der Waals surface area contributed by atoms with Crippen molar-refractivity contribution in [1.82, 2.24) is 9.13 Å². The Labute approximate surface area is 444 Å². The molecule has 0 N–H and O–H groups in total. The highest BCUT2D eigenvalue weighted by molar-refractivity contribution is 6.13. The molecule has 0 amide bonds. The third kappa shape index (κ3) is 8.17. The van der Waals surface area contributed by atoms with Crippen LogP contribution in [0.25, 0.3) is 111 Å². The fourth-order valence-electron chi connectivity index (χ4n) is 10.5. The molecule has 0 atom stereocenters. The van der Waals surface area contributed by atoms with E-state index in [0.717, 1.165) is 78.2 Å². The maximum Gasteiger partial charge on any atom is 0.416 e. The van der Waals surface area contributed by atoms with Gasteiger partial charge in [0.25, 0.3) is 0 Å². The van der Waals surface area contributed by atoms with Crippen LogP contribution in [0.1, 0.15) is 38.9 Å². The molecule has 0 unspecified atom stereocenters. The minimum Gasteiger partial charge on any atom is -0.308 e. The number of rotatable bonds is 7. The molecular formula is C67H33F3N8. The van der Waals surface area contributed by atoms with Crippen molar-refractivity contribution >= 4 is 43.6 Å². The van der Waals surface area contributed by atoms with E-state index in [9.17, 15) is 44.7 Å². The standard InChI is InChI=1S/C67H33F3N8/c68-67(69,70)55-26-44(38-75)25-53(27-55)54-32-65(77-61-28-49(45-9-1-40(34-71)2-10-45)17-21-56(61)57-22-18-50(29-62(57)77)46-11-3-41(35-72)4-12-46)60(39-76)66(33-54)78-63-30-51(47-13-5-42(36-73)6-14-47)19-23-58(63)59-24-20-52(31-64(59)78)48-15-7-43(37-74)8-16-48/h1-33H. The SMILES string of the molecule is N#Cc1ccc(-c2ccc3c4ccc(-c5ccc(C#N)cc5)cc4n(-c4cc(-c5cc(C#N)cc(C(F)(F)F)c5)cc(-n5c6cc(-c7ccc(C#N)cc7)ccc6c6ccc(-c7ccc(C#N)cc7)cc65)c4C#N)c3c2)cc1. The van der Waals surface area contributed by atoms with Crippen molar-refractivity contribution in [1.29, 1.82) is 31.6 Å². The fourth-order valence-corrected chi connectivity index (χ4v) is 10.5. The highest BCUT2D eigenvalue weighted by Gasteiger charge is 2.32. The molecule has 11 heteroatoms. The van der Waals surface area contributed by atoms with E-state index in [4.69, 9.17) is 0 Å². The Hall–Kier alpha value is -11.5. The molecule has 0 saturated carbocycles. The van der Waals surface area contributed by atoms with Gasteiger partial charge in [-0.15, -0.1) is 0 Å². The highest BCUT2D eigenvalue weighted by atomic mass is 19.4. The summed E-state index contributed by atoms with van der Waals surface area (Å²) < 4.78 is 48.6. The van der Waals surface area contributed by atoms with Crippen LogP contribution in [0.2, 0.25) is 0 Å². The first-order valence-electron chi connectivity index (χ1n) is 24.4. The Kier molecular flexibility index (Phi) is 11.4. The van der Waals surface area contributed by atoms with E-state index in [0.29, 0.717) is 55.7 Å². The summed E-state index contributed by atoms with van der Waals surface area (Å²) >= 11 is 0.